The van der Waals surface area contributed by atoms with Crippen molar-refractivity contribution >= 4 is 0 Å². The van der Waals surface area contributed by atoms with Gasteiger partial charge in [0.05, 0.1) is 5.60 Å². The minimum Gasteiger partial charge on any atom is -0.390 e. The molecule has 1 heteroatoms. The summed E-state index contributed by atoms with van der Waals surface area (Å²) in [6.07, 6.45) is 8.16. The van der Waals surface area contributed by atoms with Gasteiger partial charge in [0.25, 0.3) is 0 Å². The highest BCUT2D eigenvalue weighted by atomic mass is 16.3. The fourth-order valence-corrected chi connectivity index (χ4v) is 3.27. The summed E-state index contributed by atoms with van der Waals surface area (Å²) < 4.78 is 0. The molecule has 0 heterocycles. The van der Waals surface area contributed by atoms with E-state index in [9.17, 15) is 5.11 Å². The quantitative estimate of drug-likeness (QED) is 0.711. The van der Waals surface area contributed by atoms with Gasteiger partial charge in [0, 0.05) is 0 Å². The Morgan fingerprint density at radius 2 is 2.00 bits per heavy atom. The number of hydrogen-bond acceptors (Lipinski definition) is 1. The summed E-state index contributed by atoms with van der Waals surface area (Å²) in [5.74, 6) is 3.02. The Labute approximate surface area is 81.5 Å². The molecule has 3 atom stereocenters. The van der Waals surface area contributed by atoms with E-state index in [4.69, 9.17) is 0 Å². The fraction of sp³-hybridized carbons (Fsp3) is 1.00. The third-order valence-corrected chi connectivity index (χ3v) is 4.01. The van der Waals surface area contributed by atoms with E-state index in [1.165, 1.54) is 32.1 Å². The molecule has 76 valence electrons. The molecule has 2 aliphatic carbocycles. The first-order chi connectivity index (χ1) is 6.04. The smallest absolute Gasteiger partial charge is 0.0591 e. The van der Waals surface area contributed by atoms with E-state index in [2.05, 4.69) is 0 Å². The third-order valence-electron chi connectivity index (χ3n) is 4.01. The fourth-order valence-electron chi connectivity index (χ4n) is 3.27. The zero-order chi connectivity index (χ0) is 9.47. The average Bonchev–Trinajstić information content (AvgIpc) is 2.58. The number of rotatable bonds is 3. The van der Waals surface area contributed by atoms with Crippen LogP contribution in [0.25, 0.3) is 0 Å². The summed E-state index contributed by atoms with van der Waals surface area (Å²) in [4.78, 5) is 0. The van der Waals surface area contributed by atoms with Crippen LogP contribution in [0.15, 0.2) is 0 Å². The Bertz CT molecular complexity index is 180. The van der Waals surface area contributed by atoms with Crippen molar-refractivity contribution in [2.24, 2.45) is 17.8 Å². The molecule has 2 saturated carbocycles. The molecule has 1 N–H and O–H groups in total. The van der Waals surface area contributed by atoms with Gasteiger partial charge in [0.15, 0.2) is 0 Å². The van der Waals surface area contributed by atoms with Crippen LogP contribution in [0.4, 0.5) is 0 Å². The summed E-state index contributed by atoms with van der Waals surface area (Å²) in [7, 11) is 0. The van der Waals surface area contributed by atoms with Crippen molar-refractivity contribution in [3.05, 3.63) is 0 Å². The van der Waals surface area contributed by atoms with Crippen molar-refractivity contribution in [3.8, 4) is 0 Å². The highest BCUT2D eigenvalue weighted by Gasteiger charge is 2.39. The van der Waals surface area contributed by atoms with Crippen LogP contribution < -0.4 is 0 Å². The van der Waals surface area contributed by atoms with Crippen LogP contribution in [0, 0.1) is 17.8 Å². The molecule has 2 aliphatic rings. The summed E-state index contributed by atoms with van der Waals surface area (Å²) in [5, 5.41) is 9.65. The second kappa shape index (κ2) is 3.27. The highest BCUT2D eigenvalue weighted by molar-refractivity contribution is 4.90. The van der Waals surface area contributed by atoms with Gasteiger partial charge in [-0.2, -0.15) is 0 Å². The maximum atomic E-state index is 9.65. The normalized spacial score (nSPS) is 38.5. The van der Waals surface area contributed by atoms with Crippen LogP contribution in [0.1, 0.15) is 52.4 Å². The van der Waals surface area contributed by atoms with E-state index in [0.29, 0.717) is 0 Å². The van der Waals surface area contributed by atoms with Crippen molar-refractivity contribution in [2.45, 2.75) is 58.0 Å². The Morgan fingerprint density at radius 1 is 1.23 bits per heavy atom. The van der Waals surface area contributed by atoms with Crippen LogP contribution in [-0.4, -0.2) is 10.7 Å². The Kier molecular flexibility index (Phi) is 2.39. The molecule has 0 radical (unpaired) electrons. The number of aliphatic hydroxyl groups is 1. The summed E-state index contributed by atoms with van der Waals surface area (Å²) in [6, 6.07) is 0. The first-order valence-electron chi connectivity index (χ1n) is 5.77. The highest BCUT2D eigenvalue weighted by Crippen LogP contribution is 2.50. The molecule has 1 nitrogen and oxygen atoms in total. The van der Waals surface area contributed by atoms with Gasteiger partial charge in [0.2, 0.25) is 0 Å². The first kappa shape index (κ1) is 9.51. The minimum absolute atomic E-state index is 0.443. The molecule has 0 spiro atoms. The predicted molar refractivity (Wildman–Crippen MR) is 54.5 cm³/mol. The number of fused-ring (bicyclic) bond motifs is 2. The lowest BCUT2D eigenvalue weighted by atomic mass is 9.83. The Morgan fingerprint density at radius 3 is 2.46 bits per heavy atom. The van der Waals surface area contributed by atoms with Crippen molar-refractivity contribution in [2.75, 3.05) is 0 Å². The van der Waals surface area contributed by atoms with Crippen LogP contribution in [0.5, 0.6) is 0 Å². The molecular formula is C12H22O. The van der Waals surface area contributed by atoms with Gasteiger partial charge in [-0.3, -0.25) is 0 Å². The molecule has 2 fully saturated rings. The molecule has 0 amide bonds. The number of hydrogen-bond donors (Lipinski definition) is 1. The third kappa shape index (κ3) is 2.25. The lowest BCUT2D eigenvalue weighted by Crippen LogP contribution is -2.21. The summed E-state index contributed by atoms with van der Waals surface area (Å²) in [6.45, 7) is 3.86. The average molecular weight is 182 g/mol. The molecule has 2 bridgehead atoms. The van der Waals surface area contributed by atoms with Gasteiger partial charge in [0.1, 0.15) is 0 Å². The maximum absolute atomic E-state index is 9.65. The van der Waals surface area contributed by atoms with Crippen LogP contribution in [0.2, 0.25) is 0 Å². The first-order valence-corrected chi connectivity index (χ1v) is 5.77. The lowest BCUT2D eigenvalue weighted by Gasteiger charge is -2.25. The minimum atomic E-state index is -0.443. The molecular weight excluding hydrogens is 160 g/mol. The van der Waals surface area contributed by atoms with E-state index in [0.717, 1.165) is 24.2 Å². The standard InChI is InChI=1S/C12H22O/c1-12(2,13)6-5-11-8-9-3-4-10(11)7-9/h9-11,13H,3-8H2,1-2H3. The Balaban J connectivity index is 1.78. The van der Waals surface area contributed by atoms with Gasteiger partial charge in [-0.05, 0) is 63.7 Å². The van der Waals surface area contributed by atoms with Crippen molar-refractivity contribution in [1.82, 2.24) is 0 Å². The van der Waals surface area contributed by atoms with E-state index in [1.54, 1.807) is 0 Å². The molecule has 0 aromatic carbocycles. The second-order valence-corrected chi connectivity index (χ2v) is 5.79. The molecule has 0 aromatic heterocycles. The van der Waals surface area contributed by atoms with Crippen LogP contribution >= 0.6 is 0 Å². The molecule has 0 saturated heterocycles. The van der Waals surface area contributed by atoms with Gasteiger partial charge >= 0.3 is 0 Å². The van der Waals surface area contributed by atoms with Gasteiger partial charge < -0.3 is 5.11 Å². The van der Waals surface area contributed by atoms with Crippen molar-refractivity contribution in [3.63, 3.8) is 0 Å². The van der Waals surface area contributed by atoms with Crippen LogP contribution in [-0.2, 0) is 0 Å². The van der Waals surface area contributed by atoms with Gasteiger partial charge in [-0.15, -0.1) is 0 Å². The van der Waals surface area contributed by atoms with E-state index in [1.807, 2.05) is 13.8 Å². The largest absolute Gasteiger partial charge is 0.390 e. The summed E-state index contributed by atoms with van der Waals surface area (Å²) in [5.41, 5.74) is -0.443. The van der Waals surface area contributed by atoms with Crippen LogP contribution in [0.3, 0.4) is 0 Å². The van der Waals surface area contributed by atoms with E-state index >= 15 is 0 Å². The zero-order valence-corrected chi connectivity index (χ0v) is 8.92. The maximum Gasteiger partial charge on any atom is 0.0591 e. The molecule has 13 heavy (non-hydrogen) atoms. The van der Waals surface area contributed by atoms with Crippen molar-refractivity contribution in [1.29, 1.82) is 0 Å². The Hall–Kier alpha value is -0.0400. The summed E-state index contributed by atoms with van der Waals surface area (Å²) >= 11 is 0. The zero-order valence-electron chi connectivity index (χ0n) is 8.92. The second-order valence-electron chi connectivity index (χ2n) is 5.79. The molecule has 0 aliphatic heterocycles. The van der Waals surface area contributed by atoms with E-state index < -0.39 is 5.60 Å². The van der Waals surface area contributed by atoms with Crippen molar-refractivity contribution < 1.29 is 5.11 Å². The van der Waals surface area contributed by atoms with E-state index in [-0.39, 0.29) is 0 Å². The molecule has 0 aromatic rings. The molecule has 2 rings (SSSR count). The van der Waals surface area contributed by atoms with Gasteiger partial charge in [-0.1, -0.05) is 6.42 Å². The monoisotopic (exact) mass is 182 g/mol. The molecule has 3 unspecified atom stereocenters. The van der Waals surface area contributed by atoms with Gasteiger partial charge in [-0.25, -0.2) is 0 Å². The lowest BCUT2D eigenvalue weighted by molar-refractivity contribution is 0.0600. The predicted octanol–water partition coefficient (Wildman–Crippen LogP) is 2.97. The topological polar surface area (TPSA) is 20.2 Å². The SMILES string of the molecule is CC(C)(O)CCC1CC2CCC1C2.